The van der Waals surface area contributed by atoms with Crippen molar-refractivity contribution in [2.24, 2.45) is 5.73 Å². The molecule has 0 saturated carbocycles. The Kier molecular flexibility index (Phi) is 4.01. The number of fused-ring (bicyclic) bond motifs is 1. The van der Waals surface area contributed by atoms with Gasteiger partial charge in [-0.15, -0.1) is 0 Å². The molecule has 4 N–H and O–H groups in total. The number of rotatable bonds is 5. The highest BCUT2D eigenvalue weighted by molar-refractivity contribution is 6.00. The number of nitrogens with one attached hydrogen (secondary N) is 2. The molecular formula is C16H15N3O4. The van der Waals surface area contributed by atoms with Crippen molar-refractivity contribution in [2.75, 3.05) is 24.0 Å². The molecule has 118 valence electrons. The highest BCUT2D eigenvalue weighted by atomic mass is 16.7. The van der Waals surface area contributed by atoms with Crippen LogP contribution in [0, 0.1) is 0 Å². The van der Waals surface area contributed by atoms with Gasteiger partial charge < -0.3 is 25.8 Å². The number of amides is 2. The summed E-state index contributed by atoms with van der Waals surface area (Å²) in [6.07, 6.45) is 0. The molecule has 0 fully saturated rings. The fourth-order valence-electron chi connectivity index (χ4n) is 2.21. The van der Waals surface area contributed by atoms with Crippen molar-refractivity contribution in [3.05, 3.63) is 48.0 Å². The van der Waals surface area contributed by atoms with Crippen molar-refractivity contribution in [3.8, 4) is 11.5 Å². The molecule has 2 aromatic rings. The number of carbonyl (C=O) groups excluding carboxylic acids is 2. The Hall–Kier alpha value is -3.22. The summed E-state index contributed by atoms with van der Waals surface area (Å²) in [7, 11) is 0. The number of para-hydroxylation sites is 1. The molecule has 2 amide bonds. The van der Waals surface area contributed by atoms with Crippen molar-refractivity contribution in [1.82, 2.24) is 0 Å². The first-order chi connectivity index (χ1) is 11.1. The molecule has 0 radical (unpaired) electrons. The van der Waals surface area contributed by atoms with E-state index >= 15 is 0 Å². The molecule has 3 rings (SSSR count). The van der Waals surface area contributed by atoms with Crippen LogP contribution in [0.25, 0.3) is 0 Å². The largest absolute Gasteiger partial charge is 0.454 e. The highest BCUT2D eigenvalue weighted by Gasteiger charge is 2.14. The average molecular weight is 313 g/mol. The summed E-state index contributed by atoms with van der Waals surface area (Å²) in [6.45, 7) is 0.178. The van der Waals surface area contributed by atoms with E-state index in [-0.39, 0.29) is 19.2 Å². The summed E-state index contributed by atoms with van der Waals surface area (Å²) in [6, 6.07) is 11.9. The number of nitrogens with two attached hydrogens (primary N) is 1. The first-order valence-corrected chi connectivity index (χ1v) is 6.96. The van der Waals surface area contributed by atoms with E-state index in [0.717, 1.165) is 0 Å². The van der Waals surface area contributed by atoms with Gasteiger partial charge >= 0.3 is 0 Å². The van der Waals surface area contributed by atoms with E-state index in [1.165, 1.54) is 0 Å². The molecule has 7 heteroatoms. The quantitative estimate of drug-likeness (QED) is 0.777. The van der Waals surface area contributed by atoms with E-state index in [2.05, 4.69) is 10.6 Å². The third-order valence-electron chi connectivity index (χ3n) is 3.29. The van der Waals surface area contributed by atoms with Crippen LogP contribution in [-0.2, 0) is 4.79 Å². The number of ether oxygens (including phenoxy) is 2. The Balaban J connectivity index is 1.61. The number of anilines is 2. The van der Waals surface area contributed by atoms with Crippen LogP contribution < -0.4 is 25.8 Å². The number of benzene rings is 2. The Bertz CT molecular complexity index is 761. The molecule has 1 aliphatic heterocycles. The van der Waals surface area contributed by atoms with Gasteiger partial charge in [0.05, 0.1) is 12.1 Å². The van der Waals surface area contributed by atoms with Gasteiger partial charge in [-0.05, 0) is 24.3 Å². The van der Waals surface area contributed by atoms with Gasteiger partial charge in [0.1, 0.15) is 0 Å². The van der Waals surface area contributed by atoms with Gasteiger partial charge in [0.25, 0.3) is 5.91 Å². The first kappa shape index (κ1) is 14.7. The number of hydrogen-bond acceptors (Lipinski definition) is 5. The third-order valence-corrected chi connectivity index (χ3v) is 3.29. The Labute approximate surface area is 132 Å². The normalized spacial score (nSPS) is 11.8. The molecule has 7 nitrogen and oxygen atoms in total. The van der Waals surface area contributed by atoms with Gasteiger partial charge in [-0.2, -0.15) is 0 Å². The molecule has 23 heavy (non-hydrogen) atoms. The summed E-state index contributed by atoms with van der Waals surface area (Å²) in [5.41, 5.74) is 6.74. The van der Waals surface area contributed by atoms with Crippen molar-refractivity contribution in [2.45, 2.75) is 0 Å². The molecule has 0 spiro atoms. The monoisotopic (exact) mass is 313 g/mol. The van der Waals surface area contributed by atoms with Gasteiger partial charge in [0, 0.05) is 17.4 Å². The van der Waals surface area contributed by atoms with Crippen LogP contribution >= 0.6 is 0 Å². The topological polar surface area (TPSA) is 103 Å². The molecule has 0 aromatic heterocycles. The van der Waals surface area contributed by atoms with E-state index in [1.54, 1.807) is 42.5 Å². The lowest BCUT2D eigenvalue weighted by Crippen LogP contribution is -2.23. The van der Waals surface area contributed by atoms with Crippen molar-refractivity contribution in [3.63, 3.8) is 0 Å². The zero-order valence-corrected chi connectivity index (χ0v) is 12.2. The summed E-state index contributed by atoms with van der Waals surface area (Å²) < 4.78 is 10.5. The van der Waals surface area contributed by atoms with E-state index in [4.69, 9.17) is 15.2 Å². The Morgan fingerprint density at radius 1 is 1.09 bits per heavy atom. The van der Waals surface area contributed by atoms with E-state index in [9.17, 15) is 9.59 Å². The Morgan fingerprint density at radius 2 is 1.87 bits per heavy atom. The van der Waals surface area contributed by atoms with Crippen LogP contribution in [-0.4, -0.2) is 25.2 Å². The van der Waals surface area contributed by atoms with E-state index < -0.39 is 5.91 Å². The van der Waals surface area contributed by atoms with Crippen LogP contribution in [0.4, 0.5) is 11.4 Å². The van der Waals surface area contributed by atoms with Crippen molar-refractivity contribution >= 4 is 23.2 Å². The molecule has 0 aliphatic carbocycles. The summed E-state index contributed by atoms with van der Waals surface area (Å²) in [4.78, 5) is 23.3. The van der Waals surface area contributed by atoms with Crippen LogP contribution in [0.1, 0.15) is 10.4 Å². The van der Waals surface area contributed by atoms with Crippen LogP contribution in [0.3, 0.4) is 0 Å². The molecule has 1 aliphatic rings. The molecule has 2 aromatic carbocycles. The first-order valence-electron chi connectivity index (χ1n) is 6.96. The van der Waals surface area contributed by atoms with Gasteiger partial charge in [0.2, 0.25) is 12.7 Å². The van der Waals surface area contributed by atoms with Gasteiger partial charge in [-0.25, -0.2) is 0 Å². The minimum absolute atomic E-state index is 0.00125. The van der Waals surface area contributed by atoms with Gasteiger partial charge in [-0.1, -0.05) is 12.1 Å². The standard InChI is InChI=1S/C16H15N3O4/c17-16(21)11-3-1-2-4-12(11)18-8-15(20)19-10-5-6-13-14(7-10)23-9-22-13/h1-7,18H,8-9H2,(H2,17,21)(H,19,20). The lowest BCUT2D eigenvalue weighted by Gasteiger charge is -2.10. The number of carbonyl (C=O) groups is 2. The minimum Gasteiger partial charge on any atom is -0.454 e. The van der Waals surface area contributed by atoms with Crippen molar-refractivity contribution in [1.29, 1.82) is 0 Å². The van der Waals surface area contributed by atoms with Crippen LogP contribution in [0.5, 0.6) is 11.5 Å². The van der Waals surface area contributed by atoms with Gasteiger partial charge in [0.15, 0.2) is 11.5 Å². The zero-order valence-electron chi connectivity index (χ0n) is 12.2. The SMILES string of the molecule is NC(=O)c1ccccc1NCC(=O)Nc1ccc2c(c1)OCO2. The van der Waals surface area contributed by atoms with Gasteiger partial charge in [-0.3, -0.25) is 9.59 Å². The predicted octanol–water partition coefficient (Wildman–Crippen LogP) is 1.56. The third kappa shape index (κ3) is 3.34. The van der Waals surface area contributed by atoms with E-state index in [1.807, 2.05) is 0 Å². The fourth-order valence-corrected chi connectivity index (χ4v) is 2.21. The summed E-state index contributed by atoms with van der Waals surface area (Å²) >= 11 is 0. The highest BCUT2D eigenvalue weighted by Crippen LogP contribution is 2.34. The molecule has 0 atom stereocenters. The molecule has 1 heterocycles. The molecular weight excluding hydrogens is 298 g/mol. The summed E-state index contributed by atoms with van der Waals surface area (Å²) in [5.74, 6) is 0.429. The fraction of sp³-hybridized carbons (Fsp3) is 0.125. The number of primary amides is 1. The van der Waals surface area contributed by atoms with E-state index in [0.29, 0.717) is 28.4 Å². The zero-order chi connectivity index (χ0) is 16.2. The number of hydrogen-bond donors (Lipinski definition) is 3. The lowest BCUT2D eigenvalue weighted by atomic mass is 10.1. The minimum atomic E-state index is -0.552. The molecule has 0 saturated heterocycles. The Morgan fingerprint density at radius 3 is 2.70 bits per heavy atom. The second-order valence-electron chi connectivity index (χ2n) is 4.88. The average Bonchev–Trinajstić information content (AvgIpc) is 3.00. The smallest absolute Gasteiger partial charge is 0.250 e. The maximum Gasteiger partial charge on any atom is 0.250 e. The molecule has 0 bridgehead atoms. The van der Waals surface area contributed by atoms with Crippen LogP contribution in [0.2, 0.25) is 0 Å². The van der Waals surface area contributed by atoms with Crippen molar-refractivity contribution < 1.29 is 19.1 Å². The summed E-state index contributed by atoms with van der Waals surface area (Å²) in [5, 5.41) is 5.64. The second-order valence-corrected chi connectivity index (χ2v) is 4.88. The maximum absolute atomic E-state index is 12.0. The maximum atomic E-state index is 12.0. The molecule has 0 unspecified atom stereocenters. The predicted molar refractivity (Wildman–Crippen MR) is 84.6 cm³/mol. The lowest BCUT2D eigenvalue weighted by molar-refractivity contribution is -0.114. The van der Waals surface area contributed by atoms with Crippen LogP contribution in [0.15, 0.2) is 42.5 Å². The second kappa shape index (κ2) is 6.27.